The molecule has 1 aliphatic rings. The first-order chi connectivity index (χ1) is 9.10. The number of nitrogens with one attached hydrogen (secondary N) is 1. The molecule has 1 saturated carbocycles. The average Bonchev–Trinajstić information content (AvgIpc) is 2.80. The van der Waals surface area contributed by atoms with Crippen LogP contribution >= 0.6 is 11.6 Å². The molecule has 1 fully saturated rings. The standard InChI is InChI=1S/C14H19ClN2O2/c1-2-11-6-10(7-13(15)17-11)14(19)16-8-9-4-3-5-12(9)18/h6-7,9,12,18H,2-5,8H2,1H3,(H,16,19). The number of aryl methyl sites for hydroxylation is 1. The smallest absolute Gasteiger partial charge is 0.251 e. The van der Waals surface area contributed by atoms with Crippen molar-refractivity contribution in [3.05, 3.63) is 28.5 Å². The third-order valence-corrected chi connectivity index (χ3v) is 3.81. The lowest BCUT2D eigenvalue weighted by molar-refractivity contribution is 0.0916. The zero-order chi connectivity index (χ0) is 13.8. The molecule has 1 aromatic rings. The first kappa shape index (κ1) is 14.3. The SMILES string of the molecule is CCc1cc(C(=O)NCC2CCCC2O)cc(Cl)n1. The highest BCUT2D eigenvalue weighted by Crippen LogP contribution is 2.24. The maximum Gasteiger partial charge on any atom is 0.251 e. The number of aliphatic hydroxyl groups is 1. The molecule has 0 radical (unpaired) electrons. The van der Waals surface area contributed by atoms with Crippen LogP contribution in [0.1, 0.15) is 42.2 Å². The zero-order valence-electron chi connectivity index (χ0n) is 11.0. The van der Waals surface area contributed by atoms with E-state index in [1.807, 2.05) is 6.92 Å². The van der Waals surface area contributed by atoms with Crippen molar-refractivity contribution in [1.29, 1.82) is 0 Å². The molecule has 1 amide bonds. The number of carbonyl (C=O) groups is 1. The Balaban J connectivity index is 1.97. The van der Waals surface area contributed by atoms with Crippen LogP contribution in [0.2, 0.25) is 5.15 Å². The number of hydrogen-bond acceptors (Lipinski definition) is 3. The third-order valence-electron chi connectivity index (χ3n) is 3.62. The maximum absolute atomic E-state index is 12.0. The maximum atomic E-state index is 12.0. The fraction of sp³-hybridized carbons (Fsp3) is 0.571. The average molecular weight is 283 g/mol. The Bertz CT molecular complexity index is 465. The van der Waals surface area contributed by atoms with Crippen LogP contribution in [0, 0.1) is 5.92 Å². The van der Waals surface area contributed by atoms with Crippen LogP contribution in [0.4, 0.5) is 0 Å². The summed E-state index contributed by atoms with van der Waals surface area (Å²) in [5.41, 5.74) is 1.34. The second-order valence-corrected chi connectivity index (χ2v) is 5.38. The summed E-state index contributed by atoms with van der Waals surface area (Å²) in [5, 5.41) is 12.9. The van der Waals surface area contributed by atoms with Crippen LogP contribution in [0.5, 0.6) is 0 Å². The second-order valence-electron chi connectivity index (χ2n) is 4.99. The topological polar surface area (TPSA) is 62.2 Å². The lowest BCUT2D eigenvalue weighted by Gasteiger charge is -2.15. The predicted octanol–water partition coefficient (Wildman–Crippen LogP) is 2.19. The van der Waals surface area contributed by atoms with Gasteiger partial charge in [-0.1, -0.05) is 24.9 Å². The Kier molecular flexibility index (Phi) is 4.77. The highest BCUT2D eigenvalue weighted by Gasteiger charge is 2.25. The molecule has 19 heavy (non-hydrogen) atoms. The van der Waals surface area contributed by atoms with Gasteiger partial charge in [0.1, 0.15) is 5.15 Å². The first-order valence-electron chi connectivity index (χ1n) is 6.73. The minimum Gasteiger partial charge on any atom is -0.393 e. The van der Waals surface area contributed by atoms with Crippen molar-refractivity contribution >= 4 is 17.5 Å². The van der Waals surface area contributed by atoms with E-state index in [0.29, 0.717) is 17.3 Å². The van der Waals surface area contributed by atoms with E-state index < -0.39 is 0 Å². The van der Waals surface area contributed by atoms with Gasteiger partial charge in [0.15, 0.2) is 0 Å². The van der Waals surface area contributed by atoms with E-state index in [-0.39, 0.29) is 17.9 Å². The summed E-state index contributed by atoms with van der Waals surface area (Å²) in [5.74, 6) is 0.0185. The van der Waals surface area contributed by atoms with E-state index in [1.165, 1.54) is 0 Å². The predicted molar refractivity (Wildman–Crippen MR) is 74.3 cm³/mol. The summed E-state index contributed by atoms with van der Waals surface area (Å²) in [6.45, 7) is 2.48. The van der Waals surface area contributed by atoms with Gasteiger partial charge in [0.2, 0.25) is 0 Å². The molecule has 104 valence electrons. The molecular weight excluding hydrogens is 264 g/mol. The van der Waals surface area contributed by atoms with Gasteiger partial charge < -0.3 is 10.4 Å². The zero-order valence-corrected chi connectivity index (χ0v) is 11.8. The van der Waals surface area contributed by atoms with Gasteiger partial charge in [-0.3, -0.25) is 4.79 Å². The number of nitrogens with zero attached hydrogens (tertiary/aromatic N) is 1. The van der Waals surface area contributed by atoms with Crippen molar-refractivity contribution < 1.29 is 9.90 Å². The van der Waals surface area contributed by atoms with Crippen molar-refractivity contribution in [2.75, 3.05) is 6.54 Å². The molecule has 2 unspecified atom stereocenters. The third kappa shape index (κ3) is 3.67. The molecule has 2 rings (SSSR count). The van der Waals surface area contributed by atoms with Crippen molar-refractivity contribution in [3.63, 3.8) is 0 Å². The second kappa shape index (κ2) is 6.35. The largest absolute Gasteiger partial charge is 0.393 e. The highest BCUT2D eigenvalue weighted by molar-refractivity contribution is 6.29. The lowest BCUT2D eigenvalue weighted by Crippen LogP contribution is -2.32. The van der Waals surface area contributed by atoms with Gasteiger partial charge in [-0.2, -0.15) is 0 Å². The number of rotatable bonds is 4. The molecule has 0 aromatic carbocycles. The quantitative estimate of drug-likeness (QED) is 0.832. The molecule has 0 spiro atoms. The van der Waals surface area contributed by atoms with Gasteiger partial charge in [0.25, 0.3) is 5.91 Å². The fourth-order valence-corrected chi connectivity index (χ4v) is 2.67. The monoisotopic (exact) mass is 282 g/mol. The normalized spacial score (nSPS) is 22.5. The highest BCUT2D eigenvalue weighted by atomic mass is 35.5. The van der Waals surface area contributed by atoms with Gasteiger partial charge in [-0.25, -0.2) is 4.98 Å². The number of hydrogen-bond donors (Lipinski definition) is 2. The number of carbonyl (C=O) groups excluding carboxylic acids is 1. The molecule has 0 saturated heterocycles. The van der Waals surface area contributed by atoms with E-state index in [2.05, 4.69) is 10.3 Å². The van der Waals surface area contributed by atoms with Crippen molar-refractivity contribution in [2.24, 2.45) is 5.92 Å². The van der Waals surface area contributed by atoms with Crippen molar-refractivity contribution in [1.82, 2.24) is 10.3 Å². The molecule has 1 aromatic heterocycles. The molecule has 4 nitrogen and oxygen atoms in total. The molecule has 1 aliphatic carbocycles. The minimum atomic E-state index is -0.285. The Labute approximate surface area is 118 Å². The Morgan fingerprint density at radius 3 is 2.95 bits per heavy atom. The van der Waals surface area contributed by atoms with Crippen LogP contribution in [0.25, 0.3) is 0 Å². The van der Waals surface area contributed by atoms with Crippen LogP contribution < -0.4 is 5.32 Å². The number of aliphatic hydroxyl groups excluding tert-OH is 1. The molecule has 1 heterocycles. The fourth-order valence-electron chi connectivity index (χ4n) is 2.44. The molecule has 0 bridgehead atoms. The van der Waals surface area contributed by atoms with Crippen LogP contribution in [0.3, 0.4) is 0 Å². The van der Waals surface area contributed by atoms with Gasteiger partial charge in [-0.05, 0) is 31.4 Å². The lowest BCUT2D eigenvalue weighted by atomic mass is 10.1. The van der Waals surface area contributed by atoms with E-state index in [1.54, 1.807) is 12.1 Å². The summed E-state index contributed by atoms with van der Waals surface area (Å²) in [4.78, 5) is 16.2. The van der Waals surface area contributed by atoms with E-state index in [9.17, 15) is 9.90 Å². The Morgan fingerprint density at radius 2 is 2.32 bits per heavy atom. The summed E-state index contributed by atoms with van der Waals surface area (Å²) < 4.78 is 0. The van der Waals surface area contributed by atoms with Gasteiger partial charge in [-0.15, -0.1) is 0 Å². The molecule has 0 aliphatic heterocycles. The summed E-state index contributed by atoms with van der Waals surface area (Å²) in [7, 11) is 0. The van der Waals surface area contributed by atoms with E-state index >= 15 is 0 Å². The first-order valence-corrected chi connectivity index (χ1v) is 7.10. The molecule has 2 N–H and O–H groups in total. The van der Waals surface area contributed by atoms with Crippen molar-refractivity contribution in [2.45, 2.75) is 38.7 Å². The molecular formula is C14H19ClN2O2. The molecule has 5 heteroatoms. The van der Waals surface area contributed by atoms with Crippen LogP contribution in [0.15, 0.2) is 12.1 Å². The number of pyridine rings is 1. The van der Waals surface area contributed by atoms with E-state index in [4.69, 9.17) is 11.6 Å². The molecule has 2 atom stereocenters. The number of aromatic nitrogens is 1. The summed E-state index contributed by atoms with van der Waals surface area (Å²) in [6, 6.07) is 3.33. The van der Waals surface area contributed by atoms with Gasteiger partial charge >= 0.3 is 0 Å². The Hall–Kier alpha value is -1.13. The van der Waals surface area contributed by atoms with Gasteiger partial charge in [0.05, 0.1) is 6.10 Å². The summed E-state index contributed by atoms with van der Waals surface area (Å²) in [6.07, 6.45) is 3.29. The van der Waals surface area contributed by atoms with Crippen LogP contribution in [-0.2, 0) is 6.42 Å². The van der Waals surface area contributed by atoms with E-state index in [0.717, 1.165) is 31.4 Å². The minimum absolute atomic E-state index is 0.155. The number of amides is 1. The van der Waals surface area contributed by atoms with Crippen LogP contribution in [-0.4, -0.2) is 28.6 Å². The Morgan fingerprint density at radius 1 is 1.53 bits per heavy atom. The van der Waals surface area contributed by atoms with Gasteiger partial charge in [0, 0.05) is 23.7 Å². The van der Waals surface area contributed by atoms with Crippen molar-refractivity contribution in [3.8, 4) is 0 Å². The number of halogens is 1. The summed E-state index contributed by atoms with van der Waals surface area (Å²) >= 11 is 5.89.